The van der Waals surface area contributed by atoms with E-state index in [4.69, 9.17) is 11.6 Å². The molecule has 0 fully saturated rings. The third-order valence-electron chi connectivity index (χ3n) is 2.34. The number of hydrogen-bond acceptors (Lipinski definition) is 5. The van der Waals surface area contributed by atoms with E-state index in [0.717, 1.165) is 17.1 Å². The fraction of sp³-hybridized carbons (Fsp3) is 0.500. The quantitative estimate of drug-likeness (QED) is 0.334. The Kier molecular flexibility index (Phi) is 6.97. The van der Waals surface area contributed by atoms with Gasteiger partial charge >= 0.3 is 0 Å². The lowest BCUT2D eigenvalue weighted by atomic mass is 10.2. The highest BCUT2D eigenvalue weighted by Gasteiger charge is 2.15. The highest BCUT2D eigenvalue weighted by Crippen LogP contribution is 2.30. The highest BCUT2D eigenvalue weighted by molar-refractivity contribution is 7.99. The van der Waals surface area contributed by atoms with Crippen molar-refractivity contribution in [1.29, 1.82) is 0 Å². The number of hydrogen-bond donors (Lipinski definition) is 2. The van der Waals surface area contributed by atoms with Crippen LogP contribution in [0.5, 0.6) is 0 Å². The van der Waals surface area contributed by atoms with Crippen LogP contribution < -0.4 is 5.32 Å². The van der Waals surface area contributed by atoms with Crippen LogP contribution in [0.1, 0.15) is 13.3 Å². The number of nitro groups is 1. The maximum atomic E-state index is 10.9. The standard InChI is InChI=1S/C12H17ClN2O3S/c1-2-5-19-10-3-4-12(15(17)18)11(6-10)14-8-9(16)7-13/h3-4,6,9,14,16H,2,5,7-8H2,1H3. The van der Waals surface area contributed by atoms with E-state index in [9.17, 15) is 15.2 Å². The molecule has 0 saturated heterocycles. The smallest absolute Gasteiger partial charge is 0.292 e. The number of aliphatic hydroxyl groups excluding tert-OH is 1. The molecule has 1 atom stereocenters. The van der Waals surface area contributed by atoms with Gasteiger partial charge in [0.05, 0.1) is 16.9 Å². The van der Waals surface area contributed by atoms with Gasteiger partial charge < -0.3 is 10.4 Å². The van der Waals surface area contributed by atoms with Crippen LogP contribution in [-0.2, 0) is 0 Å². The number of nitro benzene ring substituents is 1. The maximum absolute atomic E-state index is 10.9. The lowest BCUT2D eigenvalue weighted by Gasteiger charge is -2.11. The van der Waals surface area contributed by atoms with E-state index in [1.807, 2.05) is 0 Å². The topological polar surface area (TPSA) is 75.4 Å². The number of nitrogens with zero attached hydrogens (tertiary/aromatic N) is 1. The zero-order valence-corrected chi connectivity index (χ0v) is 12.2. The van der Waals surface area contributed by atoms with Gasteiger partial charge in [0.15, 0.2) is 0 Å². The Labute approximate surface area is 121 Å². The van der Waals surface area contributed by atoms with Crippen molar-refractivity contribution in [1.82, 2.24) is 0 Å². The normalized spacial score (nSPS) is 12.2. The van der Waals surface area contributed by atoms with Crippen molar-refractivity contribution in [3.63, 3.8) is 0 Å². The van der Waals surface area contributed by atoms with Crippen LogP contribution in [0.15, 0.2) is 23.1 Å². The summed E-state index contributed by atoms with van der Waals surface area (Å²) in [7, 11) is 0. The monoisotopic (exact) mass is 304 g/mol. The number of halogens is 1. The van der Waals surface area contributed by atoms with E-state index in [0.29, 0.717) is 5.69 Å². The second-order valence-corrected chi connectivity index (χ2v) is 5.45. The maximum Gasteiger partial charge on any atom is 0.292 e. The molecule has 0 radical (unpaired) electrons. The molecule has 5 nitrogen and oxygen atoms in total. The second-order valence-electron chi connectivity index (χ2n) is 3.97. The molecule has 0 saturated carbocycles. The summed E-state index contributed by atoms with van der Waals surface area (Å²) in [5.41, 5.74) is 0.415. The molecular formula is C12H17ClN2O3S. The fourth-order valence-corrected chi connectivity index (χ4v) is 2.32. The third-order valence-corrected chi connectivity index (χ3v) is 3.90. The van der Waals surface area contributed by atoms with Gasteiger partial charge in [-0.15, -0.1) is 23.4 Å². The molecule has 0 heterocycles. The molecular weight excluding hydrogens is 288 g/mol. The Morgan fingerprint density at radius 2 is 2.32 bits per heavy atom. The van der Waals surface area contributed by atoms with Crippen LogP contribution in [0.2, 0.25) is 0 Å². The van der Waals surface area contributed by atoms with Gasteiger partial charge in [0.25, 0.3) is 5.69 Å². The lowest BCUT2D eigenvalue weighted by molar-refractivity contribution is -0.384. The zero-order chi connectivity index (χ0) is 14.3. The molecule has 1 unspecified atom stereocenters. The summed E-state index contributed by atoms with van der Waals surface area (Å²) in [6, 6.07) is 4.95. The Hall–Kier alpha value is -0.980. The van der Waals surface area contributed by atoms with Crippen molar-refractivity contribution in [3.05, 3.63) is 28.3 Å². The van der Waals surface area contributed by atoms with E-state index in [-0.39, 0.29) is 18.1 Å². The second kappa shape index (κ2) is 8.24. The number of nitrogens with one attached hydrogen (secondary N) is 1. The molecule has 0 aliphatic rings. The van der Waals surface area contributed by atoms with Gasteiger partial charge in [-0.1, -0.05) is 6.92 Å². The van der Waals surface area contributed by atoms with Gasteiger partial charge in [0.2, 0.25) is 0 Å². The molecule has 2 N–H and O–H groups in total. The molecule has 0 aromatic heterocycles. The summed E-state index contributed by atoms with van der Waals surface area (Å²) >= 11 is 7.14. The molecule has 0 aliphatic carbocycles. The minimum Gasteiger partial charge on any atom is -0.390 e. The molecule has 0 spiro atoms. The van der Waals surface area contributed by atoms with E-state index in [1.165, 1.54) is 6.07 Å². The van der Waals surface area contributed by atoms with Crippen LogP contribution in [0.3, 0.4) is 0 Å². The summed E-state index contributed by atoms with van der Waals surface area (Å²) in [6.45, 7) is 2.26. The Morgan fingerprint density at radius 3 is 2.89 bits per heavy atom. The Bertz CT molecular complexity index is 431. The fourth-order valence-electron chi connectivity index (χ4n) is 1.41. The van der Waals surface area contributed by atoms with Gasteiger partial charge in [-0.05, 0) is 24.3 Å². The number of benzene rings is 1. The van der Waals surface area contributed by atoms with Gasteiger partial charge in [-0.2, -0.15) is 0 Å². The number of anilines is 1. The van der Waals surface area contributed by atoms with Crippen LogP contribution in [0, 0.1) is 10.1 Å². The first-order chi connectivity index (χ1) is 9.08. The minimum absolute atomic E-state index is 0.00243. The van der Waals surface area contributed by atoms with Gasteiger partial charge in [-0.3, -0.25) is 10.1 Å². The van der Waals surface area contributed by atoms with Crippen molar-refractivity contribution in [2.24, 2.45) is 0 Å². The zero-order valence-electron chi connectivity index (χ0n) is 10.6. The molecule has 7 heteroatoms. The first-order valence-corrected chi connectivity index (χ1v) is 7.49. The SMILES string of the molecule is CCCSc1ccc([N+](=O)[O-])c(NCC(O)CCl)c1. The van der Waals surface area contributed by atoms with Crippen LogP contribution >= 0.6 is 23.4 Å². The van der Waals surface area contributed by atoms with Crippen LogP contribution in [-0.4, -0.2) is 34.3 Å². The van der Waals surface area contributed by atoms with E-state index in [2.05, 4.69) is 12.2 Å². The molecule has 19 heavy (non-hydrogen) atoms. The summed E-state index contributed by atoms with van der Waals surface area (Å²) in [5, 5.41) is 23.2. The summed E-state index contributed by atoms with van der Waals surface area (Å²) in [6.07, 6.45) is 0.309. The molecule has 1 aromatic carbocycles. The molecule has 1 aromatic rings. The Morgan fingerprint density at radius 1 is 1.58 bits per heavy atom. The van der Waals surface area contributed by atoms with Crippen molar-refractivity contribution in [3.8, 4) is 0 Å². The largest absolute Gasteiger partial charge is 0.390 e. The molecule has 0 aliphatic heterocycles. The number of thioether (sulfide) groups is 1. The molecule has 0 bridgehead atoms. The molecule has 1 rings (SSSR count). The highest BCUT2D eigenvalue weighted by atomic mass is 35.5. The van der Waals surface area contributed by atoms with E-state index in [1.54, 1.807) is 23.9 Å². The van der Waals surface area contributed by atoms with Crippen molar-refractivity contribution >= 4 is 34.7 Å². The number of rotatable bonds is 8. The van der Waals surface area contributed by atoms with E-state index >= 15 is 0 Å². The van der Waals surface area contributed by atoms with Gasteiger partial charge in [0, 0.05) is 17.5 Å². The van der Waals surface area contributed by atoms with Crippen molar-refractivity contribution in [2.45, 2.75) is 24.3 Å². The van der Waals surface area contributed by atoms with Crippen LogP contribution in [0.4, 0.5) is 11.4 Å². The van der Waals surface area contributed by atoms with Crippen LogP contribution in [0.25, 0.3) is 0 Å². The number of alkyl halides is 1. The van der Waals surface area contributed by atoms with Gasteiger partial charge in [0.1, 0.15) is 5.69 Å². The predicted molar refractivity (Wildman–Crippen MR) is 79.3 cm³/mol. The van der Waals surface area contributed by atoms with Gasteiger partial charge in [-0.25, -0.2) is 0 Å². The summed E-state index contributed by atoms with van der Waals surface area (Å²) in [5.74, 6) is 1.05. The van der Waals surface area contributed by atoms with Crippen molar-refractivity contribution in [2.75, 3.05) is 23.5 Å². The lowest BCUT2D eigenvalue weighted by Crippen LogP contribution is -2.21. The Balaban J connectivity index is 2.85. The number of aliphatic hydroxyl groups is 1. The summed E-state index contributed by atoms with van der Waals surface area (Å²) in [4.78, 5) is 11.5. The average Bonchev–Trinajstić information content (AvgIpc) is 2.42. The summed E-state index contributed by atoms with van der Waals surface area (Å²) < 4.78 is 0. The average molecular weight is 305 g/mol. The minimum atomic E-state index is -0.728. The molecule has 0 amide bonds. The predicted octanol–water partition coefficient (Wildman–Crippen LogP) is 3.11. The van der Waals surface area contributed by atoms with Crippen molar-refractivity contribution < 1.29 is 10.0 Å². The first kappa shape index (κ1) is 16.1. The first-order valence-electron chi connectivity index (χ1n) is 5.97. The molecule has 106 valence electrons. The van der Waals surface area contributed by atoms with E-state index < -0.39 is 11.0 Å². The third kappa shape index (κ3) is 5.26.